The van der Waals surface area contributed by atoms with Gasteiger partial charge in [0.05, 0.1) is 0 Å². The second-order valence-corrected chi connectivity index (χ2v) is 3.28. The molecule has 0 amide bonds. The van der Waals surface area contributed by atoms with Crippen LogP contribution in [0.25, 0.3) is 0 Å². The minimum absolute atomic E-state index is 0.173. The van der Waals surface area contributed by atoms with Crippen molar-refractivity contribution in [2.45, 2.75) is 25.8 Å². The van der Waals surface area contributed by atoms with Gasteiger partial charge in [-0.05, 0) is 6.42 Å². The first-order valence-corrected chi connectivity index (χ1v) is 4.57. The van der Waals surface area contributed by atoms with Gasteiger partial charge in [-0.15, -0.1) is 0 Å². The number of hydrogen-bond acceptors (Lipinski definition) is 1. The van der Waals surface area contributed by atoms with Gasteiger partial charge in [0.1, 0.15) is 0 Å². The number of halogens is 4. The van der Waals surface area contributed by atoms with Crippen LogP contribution in [0.4, 0.5) is 17.6 Å². The summed E-state index contributed by atoms with van der Waals surface area (Å²) in [5.41, 5.74) is 4.72. The van der Waals surface area contributed by atoms with Crippen LogP contribution in [0.2, 0.25) is 0 Å². The maximum absolute atomic E-state index is 13.2. The Morgan fingerprint density at radius 1 is 1.13 bits per heavy atom. The van der Waals surface area contributed by atoms with Crippen LogP contribution >= 0.6 is 0 Å². The summed E-state index contributed by atoms with van der Waals surface area (Å²) in [6, 6.07) is -0.854. The molecule has 2 N–H and O–H groups in total. The van der Waals surface area contributed by atoms with E-state index in [1.807, 2.05) is 0 Å². The van der Waals surface area contributed by atoms with Gasteiger partial charge < -0.3 is 5.73 Å². The van der Waals surface area contributed by atoms with Crippen molar-refractivity contribution in [2.24, 2.45) is 5.73 Å². The lowest BCUT2D eigenvalue weighted by molar-refractivity contribution is 0.421. The first-order chi connectivity index (χ1) is 6.99. The Labute approximate surface area is 84.9 Å². The SMILES string of the molecule is CCC[C@@H](N)c1c(F)c(F)cc(F)c1F. The number of nitrogens with two attached hydrogens (primary N) is 1. The van der Waals surface area contributed by atoms with Crippen LogP contribution in [0.1, 0.15) is 31.4 Å². The number of benzene rings is 1. The van der Waals surface area contributed by atoms with Gasteiger partial charge in [0.2, 0.25) is 0 Å². The van der Waals surface area contributed by atoms with Crippen LogP contribution < -0.4 is 5.73 Å². The van der Waals surface area contributed by atoms with Crippen LogP contribution in [0, 0.1) is 23.3 Å². The van der Waals surface area contributed by atoms with E-state index >= 15 is 0 Å². The van der Waals surface area contributed by atoms with E-state index in [0.717, 1.165) is 0 Å². The van der Waals surface area contributed by atoms with Crippen molar-refractivity contribution < 1.29 is 17.6 Å². The van der Waals surface area contributed by atoms with E-state index in [4.69, 9.17) is 5.73 Å². The summed E-state index contributed by atoms with van der Waals surface area (Å²) in [5, 5.41) is 0. The first-order valence-electron chi connectivity index (χ1n) is 4.57. The van der Waals surface area contributed by atoms with Gasteiger partial charge in [0.15, 0.2) is 23.3 Å². The largest absolute Gasteiger partial charge is 0.324 e. The average molecular weight is 221 g/mol. The van der Waals surface area contributed by atoms with Gasteiger partial charge in [-0.25, -0.2) is 17.6 Å². The molecular formula is C10H11F4N. The quantitative estimate of drug-likeness (QED) is 0.616. The highest BCUT2D eigenvalue weighted by Crippen LogP contribution is 2.26. The molecule has 0 spiro atoms. The topological polar surface area (TPSA) is 26.0 Å². The highest BCUT2D eigenvalue weighted by Gasteiger charge is 2.23. The molecule has 0 heterocycles. The number of rotatable bonds is 3. The summed E-state index contributed by atoms with van der Waals surface area (Å²) >= 11 is 0. The summed E-state index contributed by atoms with van der Waals surface area (Å²) < 4.78 is 51.9. The zero-order valence-electron chi connectivity index (χ0n) is 8.16. The Bertz CT molecular complexity index is 339. The van der Waals surface area contributed by atoms with Gasteiger partial charge >= 0.3 is 0 Å². The van der Waals surface area contributed by atoms with Crippen molar-refractivity contribution in [3.05, 3.63) is 34.9 Å². The maximum Gasteiger partial charge on any atom is 0.166 e. The third-order valence-corrected chi connectivity index (χ3v) is 2.12. The van der Waals surface area contributed by atoms with Crippen molar-refractivity contribution in [2.75, 3.05) is 0 Å². The molecular weight excluding hydrogens is 210 g/mol. The number of hydrogen-bond donors (Lipinski definition) is 1. The molecule has 1 atom stereocenters. The second kappa shape index (κ2) is 4.61. The Morgan fingerprint density at radius 3 is 2.00 bits per heavy atom. The lowest BCUT2D eigenvalue weighted by Crippen LogP contribution is -2.16. The van der Waals surface area contributed by atoms with E-state index in [2.05, 4.69) is 0 Å². The van der Waals surface area contributed by atoms with Gasteiger partial charge in [0, 0.05) is 17.7 Å². The summed E-state index contributed by atoms with van der Waals surface area (Å²) in [4.78, 5) is 0. The summed E-state index contributed by atoms with van der Waals surface area (Å²) in [5.74, 6) is -5.66. The molecule has 0 aliphatic heterocycles. The van der Waals surface area contributed by atoms with Crippen molar-refractivity contribution in [3.63, 3.8) is 0 Å². The molecule has 1 nitrogen and oxygen atoms in total. The summed E-state index contributed by atoms with van der Waals surface area (Å²) in [7, 11) is 0. The smallest absolute Gasteiger partial charge is 0.166 e. The normalized spacial score (nSPS) is 12.9. The fourth-order valence-corrected chi connectivity index (χ4v) is 1.37. The van der Waals surface area contributed by atoms with Crippen LogP contribution in [-0.2, 0) is 0 Å². The van der Waals surface area contributed by atoms with Gasteiger partial charge in [-0.3, -0.25) is 0 Å². The molecule has 0 aliphatic rings. The highest BCUT2D eigenvalue weighted by molar-refractivity contribution is 5.25. The molecule has 0 aliphatic carbocycles. The van der Waals surface area contributed by atoms with Crippen LogP contribution in [0.3, 0.4) is 0 Å². The van der Waals surface area contributed by atoms with Gasteiger partial charge in [0.25, 0.3) is 0 Å². The molecule has 1 aromatic carbocycles. The third-order valence-electron chi connectivity index (χ3n) is 2.12. The standard InChI is InChI=1S/C10H11F4N/c1-2-3-7(15)8-9(13)5(11)4-6(12)10(8)14/h4,7H,2-3,15H2,1H3/t7-/m1/s1. The molecule has 15 heavy (non-hydrogen) atoms. The lowest BCUT2D eigenvalue weighted by Gasteiger charge is -2.13. The Morgan fingerprint density at radius 2 is 1.60 bits per heavy atom. The fourth-order valence-electron chi connectivity index (χ4n) is 1.37. The van der Waals surface area contributed by atoms with Crippen molar-refractivity contribution in [1.29, 1.82) is 0 Å². The van der Waals surface area contributed by atoms with E-state index < -0.39 is 34.9 Å². The van der Waals surface area contributed by atoms with Crippen LogP contribution in [-0.4, -0.2) is 0 Å². The molecule has 0 fully saturated rings. The molecule has 0 saturated heterocycles. The summed E-state index contributed by atoms with van der Waals surface area (Å²) in [6.07, 6.45) is 0.828. The van der Waals surface area contributed by atoms with Crippen molar-refractivity contribution in [1.82, 2.24) is 0 Å². The van der Waals surface area contributed by atoms with Crippen LogP contribution in [0.15, 0.2) is 6.07 Å². The highest BCUT2D eigenvalue weighted by atomic mass is 19.2. The molecule has 84 valence electrons. The molecule has 5 heteroatoms. The third kappa shape index (κ3) is 2.28. The van der Waals surface area contributed by atoms with E-state index in [1.54, 1.807) is 6.92 Å². The molecule has 0 radical (unpaired) electrons. The maximum atomic E-state index is 13.2. The van der Waals surface area contributed by atoms with Crippen LogP contribution in [0.5, 0.6) is 0 Å². The lowest BCUT2D eigenvalue weighted by atomic mass is 10.0. The van der Waals surface area contributed by atoms with Gasteiger partial charge in [-0.1, -0.05) is 13.3 Å². The Hall–Kier alpha value is -1.10. The van der Waals surface area contributed by atoms with E-state index in [0.29, 0.717) is 6.42 Å². The van der Waals surface area contributed by atoms with Crippen molar-refractivity contribution in [3.8, 4) is 0 Å². The second-order valence-electron chi connectivity index (χ2n) is 3.28. The van der Waals surface area contributed by atoms with E-state index in [-0.39, 0.29) is 12.5 Å². The summed E-state index contributed by atoms with van der Waals surface area (Å²) in [6.45, 7) is 1.76. The average Bonchev–Trinajstić information content (AvgIpc) is 2.16. The van der Waals surface area contributed by atoms with Gasteiger partial charge in [-0.2, -0.15) is 0 Å². The van der Waals surface area contributed by atoms with Crippen molar-refractivity contribution >= 4 is 0 Å². The predicted octanol–water partition coefficient (Wildman–Crippen LogP) is 3.04. The minimum Gasteiger partial charge on any atom is -0.324 e. The Balaban J connectivity index is 3.26. The molecule has 0 aromatic heterocycles. The fraction of sp³-hybridized carbons (Fsp3) is 0.400. The zero-order valence-corrected chi connectivity index (χ0v) is 8.16. The molecule has 0 bridgehead atoms. The molecule has 0 unspecified atom stereocenters. The minimum atomic E-state index is -1.42. The monoisotopic (exact) mass is 221 g/mol. The molecule has 0 saturated carbocycles. The Kier molecular flexibility index (Phi) is 3.68. The molecule has 1 aromatic rings. The zero-order chi connectivity index (χ0) is 11.6. The first kappa shape index (κ1) is 12.0. The predicted molar refractivity (Wildman–Crippen MR) is 48.1 cm³/mol. The van der Waals surface area contributed by atoms with E-state index in [9.17, 15) is 17.6 Å². The van der Waals surface area contributed by atoms with E-state index in [1.165, 1.54) is 0 Å². The molecule has 1 rings (SSSR count).